The molecule has 3 N–H and O–H groups in total. The summed E-state index contributed by atoms with van der Waals surface area (Å²) in [6.07, 6.45) is 2.11. The SMILES string of the molecule is CC(OCC1CCCO1)C(=N)N. The Bertz CT molecular complexity index is 155. The van der Waals surface area contributed by atoms with Crippen LogP contribution >= 0.6 is 0 Å². The molecule has 0 saturated carbocycles. The minimum Gasteiger partial charge on any atom is -0.385 e. The summed E-state index contributed by atoms with van der Waals surface area (Å²) < 4.78 is 10.7. The van der Waals surface area contributed by atoms with E-state index >= 15 is 0 Å². The molecular weight excluding hydrogens is 156 g/mol. The molecule has 1 fully saturated rings. The number of rotatable bonds is 4. The summed E-state index contributed by atoms with van der Waals surface area (Å²) in [5, 5.41) is 7.09. The highest BCUT2D eigenvalue weighted by Gasteiger charge is 2.17. The second kappa shape index (κ2) is 4.42. The van der Waals surface area contributed by atoms with E-state index in [0.717, 1.165) is 19.4 Å². The number of ether oxygens (including phenoxy) is 2. The quantitative estimate of drug-likeness (QED) is 0.479. The normalized spacial score (nSPS) is 25.6. The zero-order valence-corrected chi connectivity index (χ0v) is 7.38. The van der Waals surface area contributed by atoms with Crippen LogP contribution in [0.5, 0.6) is 0 Å². The van der Waals surface area contributed by atoms with Gasteiger partial charge in [-0.3, -0.25) is 5.41 Å². The van der Waals surface area contributed by atoms with Crippen LogP contribution in [-0.4, -0.2) is 31.3 Å². The van der Waals surface area contributed by atoms with Gasteiger partial charge in [-0.15, -0.1) is 0 Å². The van der Waals surface area contributed by atoms with E-state index in [9.17, 15) is 0 Å². The Balaban J connectivity index is 2.11. The van der Waals surface area contributed by atoms with Crippen LogP contribution in [0, 0.1) is 5.41 Å². The van der Waals surface area contributed by atoms with Crippen molar-refractivity contribution in [3.05, 3.63) is 0 Å². The van der Waals surface area contributed by atoms with E-state index in [0.29, 0.717) is 6.61 Å². The minimum atomic E-state index is -0.283. The van der Waals surface area contributed by atoms with Crippen LogP contribution in [0.15, 0.2) is 0 Å². The number of nitrogens with one attached hydrogen (secondary N) is 1. The van der Waals surface area contributed by atoms with Gasteiger partial charge in [0.1, 0.15) is 11.9 Å². The highest BCUT2D eigenvalue weighted by Crippen LogP contribution is 2.12. The lowest BCUT2D eigenvalue weighted by atomic mass is 10.2. The predicted molar refractivity (Wildman–Crippen MR) is 46.3 cm³/mol. The smallest absolute Gasteiger partial charge is 0.120 e. The lowest BCUT2D eigenvalue weighted by Gasteiger charge is -2.14. The average Bonchev–Trinajstić information content (AvgIpc) is 2.51. The highest BCUT2D eigenvalue weighted by atomic mass is 16.5. The van der Waals surface area contributed by atoms with E-state index in [-0.39, 0.29) is 18.0 Å². The molecule has 0 aromatic rings. The summed E-state index contributed by atoms with van der Waals surface area (Å²) in [7, 11) is 0. The van der Waals surface area contributed by atoms with Crippen molar-refractivity contribution in [1.82, 2.24) is 0 Å². The second-order valence-electron chi connectivity index (χ2n) is 3.07. The molecule has 2 atom stereocenters. The molecule has 0 amide bonds. The first-order valence-electron chi connectivity index (χ1n) is 4.27. The van der Waals surface area contributed by atoms with Crippen molar-refractivity contribution in [3.63, 3.8) is 0 Å². The molecule has 1 heterocycles. The van der Waals surface area contributed by atoms with Gasteiger partial charge in [-0.05, 0) is 19.8 Å². The summed E-state index contributed by atoms with van der Waals surface area (Å²) in [6, 6.07) is 0. The van der Waals surface area contributed by atoms with Gasteiger partial charge < -0.3 is 15.2 Å². The summed E-state index contributed by atoms with van der Waals surface area (Å²) in [5.74, 6) is 0.0768. The predicted octanol–water partition coefficient (Wildman–Crippen LogP) is 0.506. The fraction of sp³-hybridized carbons (Fsp3) is 0.875. The van der Waals surface area contributed by atoms with Gasteiger partial charge in [-0.1, -0.05) is 0 Å². The summed E-state index contributed by atoms with van der Waals surface area (Å²) in [5.41, 5.74) is 5.24. The van der Waals surface area contributed by atoms with E-state index < -0.39 is 0 Å². The Morgan fingerprint density at radius 1 is 1.83 bits per heavy atom. The summed E-state index contributed by atoms with van der Waals surface area (Å²) in [4.78, 5) is 0. The maximum absolute atomic E-state index is 7.09. The fourth-order valence-corrected chi connectivity index (χ4v) is 1.12. The monoisotopic (exact) mass is 172 g/mol. The Labute approximate surface area is 72.5 Å². The van der Waals surface area contributed by atoms with Crippen molar-refractivity contribution in [1.29, 1.82) is 5.41 Å². The zero-order valence-electron chi connectivity index (χ0n) is 7.38. The zero-order chi connectivity index (χ0) is 8.97. The van der Waals surface area contributed by atoms with Gasteiger partial charge in [0.2, 0.25) is 0 Å². The van der Waals surface area contributed by atoms with Crippen LogP contribution < -0.4 is 5.73 Å². The molecule has 1 aliphatic rings. The van der Waals surface area contributed by atoms with Gasteiger partial charge in [0.25, 0.3) is 0 Å². The number of nitrogens with two attached hydrogens (primary N) is 1. The first-order chi connectivity index (χ1) is 5.70. The molecule has 2 unspecified atom stereocenters. The van der Waals surface area contributed by atoms with Gasteiger partial charge >= 0.3 is 0 Å². The number of hydrogen-bond donors (Lipinski definition) is 2. The van der Waals surface area contributed by atoms with Gasteiger partial charge in [-0.25, -0.2) is 0 Å². The van der Waals surface area contributed by atoms with E-state index in [1.807, 2.05) is 0 Å². The van der Waals surface area contributed by atoms with Crippen LogP contribution in [0.25, 0.3) is 0 Å². The molecule has 12 heavy (non-hydrogen) atoms. The van der Waals surface area contributed by atoms with Crippen molar-refractivity contribution in [2.24, 2.45) is 5.73 Å². The van der Waals surface area contributed by atoms with Crippen molar-refractivity contribution >= 4 is 5.84 Å². The van der Waals surface area contributed by atoms with E-state index in [2.05, 4.69) is 0 Å². The standard InChI is InChI=1S/C8H16N2O2/c1-6(8(9)10)12-5-7-3-2-4-11-7/h6-7H,2-5H2,1H3,(H3,9,10). The van der Waals surface area contributed by atoms with E-state index in [1.165, 1.54) is 0 Å². The number of amidine groups is 1. The lowest BCUT2D eigenvalue weighted by molar-refractivity contribution is 0.00595. The molecule has 0 radical (unpaired) electrons. The largest absolute Gasteiger partial charge is 0.385 e. The Kier molecular flexibility index (Phi) is 3.49. The molecule has 0 aromatic carbocycles. The van der Waals surface area contributed by atoms with Crippen LogP contribution in [0.4, 0.5) is 0 Å². The van der Waals surface area contributed by atoms with Crippen LogP contribution in [0.1, 0.15) is 19.8 Å². The average molecular weight is 172 g/mol. The second-order valence-corrected chi connectivity index (χ2v) is 3.07. The minimum absolute atomic E-state index is 0.0768. The molecule has 0 aromatic heterocycles. The first-order valence-corrected chi connectivity index (χ1v) is 4.27. The molecule has 1 saturated heterocycles. The molecule has 70 valence electrons. The highest BCUT2D eigenvalue weighted by molar-refractivity contribution is 5.81. The third kappa shape index (κ3) is 2.79. The summed E-state index contributed by atoms with van der Waals surface area (Å²) in [6.45, 7) is 3.17. The fourth-order valence-electron chi connectivity index (χ4n) is 1.12. The van der Waals surface area contributed by atoms with Gasteiger partial charge in [0.15, 0.2) is 0 Å². The van der Waals surface area contributed by atoms with Crippen molar-refractivity contribution in [2.75, 3.05) is 13.2 Å². The molecule has 1 aliphatic heterocycles. The number of hydrogen-bond acceptors (Lipinski definition) is 3. The van der Waals surface area contributed by atoms with Crippen molar-refractivity contribution < 1.29 is 9.47 Å². The Hall–Kier alpha value is -0.610. The topological polar surface area (TPSA) is 68.3 Å². The van der Waals surface area contributed by atoms with Crippen LogP contribution in [0.3, 0.4) is 0 Å². The van der Waals surface area contributed by atoms with Crippen molar-refractivity contribution in [2.45, 2.75) is 32.0 Å². The van der Waals surface area contributed by atoms with Gasteiger partial charge in [-0.2, -0.15) is 0 Å². The summed E-state index contributed by atoms with van der Waals surface area (Å²) >= 11 is 0. The van der Waals surface area contributed by atoms with Crippen LogP contribution in [-0.2, 0) is 9.47 Å². The van der Waals surface area contributed by atoms with E-state index in [4.69, 9.17) is 20.6 Å². The third-order valence-corrected chi connectivity index (χ3v) is 1.99. The molecule has 0 aliphatic carbocycles. The lowest BCUT2D eigenvalue weighted by Crippen LogP contribution is -2.30. The molecule has 4 heteroatoms. The molecule has 0 spiro atoms. The maximum Gasteiger partial charge on any atom is 0.120 e. The van der Waals surface area contributed by atoms with Crippen molar-refractivity contribution in [3.8, 4) is 0 Å². The molecule has 1 rings (SSSR count). The van der Waals surface area contributed by atoms with Gasteiger partial charge in [0, 0.05) is 6.61 Å². The van der Waals surface area contributed by atoms with E-state index in [1.54, 1.807) is 6.92 Å². The molecular formula is C8H16N2O2. The first kappa shape index (κ1) is 9.48. The van der Waals surface area contributed by atoms with Gasteiger partial charge in [0.05, 0.1) is 12.7 Å². The molecule has 0 bridgehead atoms. The Morgan fingerprint density at radius 2 is 2.58 bits per heavy atom. The third-order valence-electron chi connectivity index (χ3n) is 1.99. The molecule has 4 nitrogen and oxygen atoms in total. The maximum atomic E-state index is 7.09. The Morgan fingerprint density at radius 3 is 3.08 bits per heavy atom. The van der Waals surface area contributed by atoms with Crippen LogP contribution in [0.2, 0.25) is 0 Å².